The van der Waals surface area contributed by atoms with Gasteiger partial charge in [0.15, 0.2) is 0 Å². The molecule has 0 saturated carbocycles. The lowest BCUT2D eigenvalue weighted by Crippen LogP contribution is -2.49. The molecule has 1 fully saturated rings. The molecule has 2 aliphatic rings. The molecule has 7 heteroatoms. The molecule has 1 aromatic carbocycles. The number of nitrogens with one attached hydrogen (secondary N) is 1. The predicted molar refractivity (Wildman–Crippen MR) is 101 cm³/mol. The summed E-state index contributed by atoms with van der Waals surface area (Å²) in [4.78, 5) is 7.23. The Labute approximate surface area is 157 Å². The quantitative estimate of drug-likeness (QED) is 0.847. The van der Waals surface area contributed by atoms with E-state index >= 15 is 0 Å². The van der Waals surface area contributed by atoms with Crippen molar-refractivity contribution in [2.75, 3.05) is 25.5 Å². The van der Waals surface area contributed by atoms with Gasteiger partial charge in [0.1, 0.15) is 17.8 Å². The molecule has 1 spiro atoms. The molecule has 1 N–H and O–H groups in total. The lowest BCUT2D eigenvalue weighted by molar-refractivity contribution is 0.178. The van der Waals surface area contributed by atoms with Gasteiger partial charge in [0, 0.05) is 17.2 Å². The fourth-order valence-corrected chi connectivity index (χ4v) is 4.06. The van der Waals surface area contributed by atoms with E-state index in [9.17, 15) is 0 Å². The second-order valence-electron chi connectivity index (χ2n) is 6.96. The number of benzene rings is 1. The number of hydrogen-bond donors (Lipinski definition) is 1. The molecular weight excluding hydrogens is 359 g/mol. The van der Waals surface area contributed by atoms with Crippen LogP contribution >= 0.6 is 23.2 Å². The molecule has 4 rings (SSSR count). The van der Waals surface area contributed by atoms with Gasteiger partial charge in [-0.15, -0.1) is 0 Å². The van der Waals surface area contributed by atoms with Gasteiger partial charge in [-0.05, 0) is 57.1 Å². The Morgan fingerprint density at radius 2 is 2.04 bits per heavy atom. The molecule has 1 aromatic heterocycles. The van der Waals surface area contributed by atoms with E-state index in [4.69, 9.17) is 32.7 Å². The molecule has 25 heavy (non-hydrogen) atoms. The molecule has 0 bridgehead atoms. The predicted octanol–water partition coefficient (Wildman–Crippen LogP) is 4.26. The van der Waals surface area contributed by atoms with Gasteiger partial charge in [0.05, 0.1) is 16.6 Å². The Balaban J connectivity index is 1.70. The zero-order valence-electron chi connectivity index (χ0n) is 14.1. The van der Waals surface area contributed by atoms with E-state index in [1.165, 1.54) is 5.56 Å². The zero-order chi connectivity index (χ0) is 17.4. The van der Waals surface area contributed by atoms with Crippen LogP contribution in [0.15, 0.2) is 34.0 Å². The number of rotatable bonds is 2. The number of nitrogens with zero attached hydrogens (tertiary/aromatic N) is 3. The summed E-state index contributed by atoms with van der Waals surface area (Å²) in [6, 6.07) is 5.73. The Morgan fingerprint density at radius 3 is 2.76 bits per heavy atom. The lowest BCUT2D eigenvalue weighted by Gasteiger charge is -2.45. The molecule has 2 aliphatic heterocycles. The number of halogens is 2. The minimum absolute atomic E-state index is 0.0143. The van der Waals surface area contributed by atoms with Crippen LogP contribution in [0.25, 0.3) is 0 Å². The Kier molecular flexibility index (Phi) is 4.48. The SMILES string of the molecule is CN1CCC2(CC1)Cc1cc(Cl)c(Cl)cc1NC2=NCc1ccon1. The first kappa shape index (κ1) is 16.9. The molecule has 5 nitrogen and oxygen atoms in total. The largest absolute Gasteiger partial charge is 0.364 e. The van der Waals surface area contributed by atoms with Gasteiger partial charge in [0.25, 0.3) is 0 Å². The van der Waals surface area contributed by atoms with E-state index in [1.54, 1.807) is 6.26 Å². The fraction of sp³-hybridized carbons (Fsp3) is 0.444. The van der Waals surface area contributed by atoms with Crippen molar-refractivity contribution in [2.24, 2.45) is 10.4 Å². The summed E-state index contributed by atoms with van der Waals surface area (Å²) in [6.07, 6.45) is 4.63. The van der Waals surface area contributed by atoms with Crippen LogP contribution in [-0.4, -0.2) is 36.0 Å². The highest BCUT2D eigenvalue weighted by Gasteiger charge is 2.42. The molecule has 0 aliphatic carbocycles. The van der Waals surface area contributed by atoms with Crippen molar-refractivity contribution in [2.45, 2.75) is 25.8 Å². The highest BCUT2D eigenvalue weighted by Crippen LogP contribution is 2.44. The van der Waals surface area contributed by atoms with E-state index in [0.29, 0.717) is 16.6 Å². The van der Waals surface area contributed by atoms with Crippen LogP contribution in [0.2, 0.25) is 10.0 Å². The van der Waals surface area contributed by atoms with Crippen molar-refractivity contribution in [1.29, 1.82) is 0 Å². The first-order chi connectivity index (χ1) is 12.1. The van der Waals surface area contributed by atoms with Crippen LogP contribution in [0.3, 0.4) is 0 Å². The summed E-state index contributed by atoms with van der Waals surface area (Å²) >= 11 is 12.5. The van der Waals surface area contributed by atoms with Gasteiger partial charge in [-0.25, -0.2) is 0 Å². The second kappa shape index (κ2) is 6.63. The van der Waals surface area contributed by atoms with Crippen molar-refractivity contribution >= 4 is 34.7 Å². The third-order valence-corrected chi connectivity index (χ3v) is 5.99. The number of aromatic nitrogens is 1. The molecular formula is C18H20Cl2N4O. The van der Waals surface area contributed by atoms with E-state index < -0.39 is 0 Å². The Bertz CT molecular complexity index is 796. The molecule has 3 heterocycles. The maximum Gasteiger partial charge on any atom is 0.124 e. The van der Waals surface area contributed by atoms with E-state index in [1.807, 2.05) is 18.2 Å². The number of piperidine rings is 1. The fourth-order valence-electron chi connectivity index (χ4n) is 3.71. The summed E-state index contributed by atoms with van der Waals surface area (Å²) in [6.45, 7) is 2.62. The highest BCUT2D eigenvalue weighted by molar-refractivity contribution is 6.42. The zero-order valence-corrected chi connectivity index (χ0v) is 15.6. The molecule has 1 saturated heterocycles. The van der Waals surface area contributed by atoms with Crippen LogP contribution < -0.4 is 5.32 Å². The molecule has 2 aromatic rings. The topological polar surface area (TPSA) is 53.7 Å². The van der Waals surface area contributed by atoms with Crippen molar-refractivity contribution in [3.8, 4) is 0 Å². The second-order valence-corrected chi connectivity index (χ2v) is 7.78. The average molecular weight is 379 g/mol. The Hall–Kier alpha value is -1.56. The molecule has 0 radical (unpaired) electrons. The monoisotopic (exact) mass is 378 g/mol. The number of aliphatic imine (C=N–C) groups is 1. The van der Waals surface area contributed by atoms with Gasteiger partial charge in [0.2, 0.25) is 0 Å². The van der Waals surface area contributed by atoms with Gasteiger partial charge < -0.3 is 14.7 Å². The van der Waals surface area contributed by atoms with Crippen LogP contribution in [0.4, 0.5) is 5.69 Å². The number of fused-ring (bicyclic) bond motifs is 1. The smallest absolute Gasteiger partial charge is 0.124 e. The molecule has 0 amide bonds. The normalized spacial score (nSPS) is 21.3. The van der Waals surface area contributed by atoms with Crippen molar-refractivity contribution < 1.29 is 4.52 Å². The maximum atomic E-state index is 6.24. The highest BCUT2D eigenvalue weighted by atomic mass is 35.5. The summed E-state index contributed by atoms with van der Waals surface area (Å²) in [7, 11) is 2.17. The summed E-state index contributed by atoms with van der Waals surface area (Å²) in [5.41, 5.74) is 3.05. The number of likely N-dealkylation sites (tertiary alicyclic amines) is 1. The van der Waals surface area contributed by atoms with Crippen LogP contribution in [0.1, 0.15) is 24.1 Å². The third-order valence-electron chi connectivity index (χ3n) is 5.26. The van der Waals surface area contributed by atoms with Gasteiger partial charge >= 0.3 is 0 Å². The van der Waals surface area contributed by atoms with E-state index in [-0.39, 0.29) is 5.41 Å². The van der Waals surface area contributed by atoms with Crippen molar-refractivity contribution in [3.63, 3.8) is 0 Å². The van der Waals surface area contributed by atoms with E-state index in [2.05, 4.69) is 22.4 Å². The van der Waals surface area contributed by atoms with Gasteiger partial charge in [-0.2, -0.15) is 0 Å². The minimum Gasteiger partial charge on any atom is -0.364 e. The summed E-state index contributed by atoms with van der Waals surface area (Å²) in [5.74, 6) is 1.02. The van der Waals surface area contributed by atoms with Crippen LogP contribution in [-0.2, 0) is 13.0 Å². The van der Waals surface area contributed by atoms with Crippen molar-refractivity contribution in [1.82, 2.24) is 10.1 Å². The standard InChI is InChI=1S/C18H20Cl2N4O/c1-24-5-3-18(4-6-24)10-12-8-14(19)15(20)9-16(12)22-17(18)21-11-13-2-7-25-23-13/h2,7-9H,3-6,10-11H2,1H3,(H,21,22). The van der Waals surface area contributed by atoms with Crippen LogP contribution in [0, 0.1) is 5.41 Å². The first-order valence-corrected chi connectivity index (χ1v) is 9.19. The summed E-state index contributed by atoms with van der Waals surface area (Å²) < 4.78 is 4.91. The van der Waals surface area contributed by atoms with Gasteiger partial charge in [-0.3, -0.25) is 4.99 Å². The van der Waals surface area contributed by atoms with Crippen molar-refractivity contribution in [3.05, 3.63) is 45.8 Å². The number of amidine groups is 1. The summed E-state index contributed by atoms with van der Waals surface area (Å²) in [5, 5.41) is 8.66. The van der Waals surface area contributed by atoms with Gasteiger partial charge in [-0.1, -0.05) is 28.4 Å². The minimum atomic E-state index is 0.0143. The third kappa shape index (κ3) is 3.28. The number of hydrogen-bond acceptors (Lipinski definition) is 4. The molecule has 132 valence electrons. The first-order valence-electron chi connectivity index (χ1n) is 8.43. The molecule has 0 atom stereocenters. The average Bonchev–Trinajstić information content (AvgIpc) is 3.11. The lowest BCUT2D eigenvalue weighted by atomic mass is 9.70. The Morgan fingerprint density at radius 1 is 1.28 bits per heavy atom. The van der Waals surface area contributed by atoms with Crippen LogP contribution in [0.5, 0.6) is 0 Å². The molecule has 0 unspecified atom stereocenters. The van der Waals surface area contributed by atoms with E-state index in [0.717, 1.165) is 49.6 Å². The maximum absolute atomic E-state index is 6.24. The number of anilines is 1.